The first-order valence-corrected chi connectivity index (χ1v) is 7.08. The van der Waals surface area contributed by atoms with E-state index in [0.29, 0.717) is 21.1 Å². The van der Waals surface area contributed by atoms with E-state index >= 15 is 0 Å². The minimum absolute atomic E-state index is 0.409. The first-order chi connectivity index (χ1) is 9.58. The molecule has 0 atom stereocenters. The summed E-state index contributed by atoms with van der Waals surface area (Å²) in [5, 5.41) is 1.52. The molecule has 0 fully saturated rings. The average molecular weight is 350 g/mol. The number of aromatic nitrogens is 3. The van der Waals surface area contributed by atoms with Crippen LogP contribution in [0, 0.1) is 6.92 Å². The quantitative estimate of drug-likeness (QED) is 0.721. The molecule has 3 rings (SSSR count). The fourth-order valence-corrected chi connectivity index (χ4v) is 2.41. The van der Waals surface area contributed by atoms with Crippen molar-refractivity contribution >= 4 is 44.3 Å². The molecule has 2 aromatic heterocycles. The van der Waals surface area contributed by atoms with Crippen molar-refractivity contribution < 1.29 is 0 Å². The molecule has 0 bridgehead atoms. The van der Waals surface area contributed by atoms with Gasteiger partial charge in [0.2, 0.25) is 0 Å². The van der Waals surface area contributed by atoms with Gasteiger partial charge >= 0.3 is 0 Å². The van der Waals surface area contributed by atoms with Crippen molar-refractivity contribution in [3.05, 3.63) is 45.7 Å². The summed E-state index contributed by atoms with van der Waals surface area (Å²) in [4.78, 5) is 13.2. The molecule has 0 spiro atoms. The van der Waals surface area contributed by atoms with Crippen molar-refractivity contribution in [1.82, 2.24) is 15.0 Å². The van der Waals surface area contributed by atoms with Crippen molar-refractivity contribution in [2.75, 3.05) is 5.73 Å². The molecule has 0 aliphatic heterocycles. The minimum atomic E-state index is 0.409. The molecule has 1 aromatic carbocycles. The molecule has 0 unspecified atom stereocenters. The van der Waals surface area contributed by atoms with Gasteiger partial charge in [0.1, 0.15) is 5.82 Å². The zero-order valence-corrected chi connectivity index (χ0v) is 12.9. The maximum Gasteiger partial charge on any atom is 0.164 e. The molecule has 0 amide bonds. The molecule has 20 heavy (non-hydrogen) atoms. The second-order valence-corrected chi connectivity index (χ2v) is 5.53. The smallest absolute Gasteiger partial charge is 0.164 e. The highest BCUT2D eigenvalue weighted by Crippen LogP contribution is 2.31. The first-order valence-electron chi connectivity index (χ1n) is 5.91. The Bertz CT molecular complexity index is 796. The lowest BCUT2D eigenvalue weighted by molar-refractivity contribution is 1.10. The SMILES string of the molecule is Cc1nc(-c2ccc(Cl)c3cccnc23)nc(N)c1Br. The van der Waals surface area contributed by atoms with Gasteiger partial charge in [-0.3, -0.25) is 4.98 Å². The molecular formula is C14H10BrClN4. The summed E-state index contributed by atoms with van der Waals surface area (Å²) >= 11 is 9.55. The second kappa shape index (κ2) is 5.00. The number of hydrogen-bond donors (Lipinski definition) is 1. The lowest BCUT2D eigenvalue weighted by atomic mass is 10.1. The second-order valence-electron chi connectivity index (χ2n) is 4.33. The van der Waals surface area contributed by atoms with Crippen molar-refractivity contribution in [1.29, 1.82) is 0 Å². The van der Waals surface area contributed by atoms with Gasteiger partial charge in [-0.2, -0.15) is 0 Å². The fraction of sp³-hybridized carbons (Fsp3) is 0.0714. The van der Waals surface area contributed by atoms with Crippen LogP contribution >= 0.6 is 27.5 Å². The van der Waals surface area contributed by atoms with Gasteiger partial charge in [-0.1, -0.05) is 11.6 Å². The van der Waals surface area contributed by atoms with Crippen LogP contribution in [0.25, 0.3) is 22.3 Å². The van der Waals surface area contributed by atoms with E-state index in [2.05, 4.69) is 30.9 Å². The predicted octanol–water partition coefficient (Wildman–Crippen LogP) is 4.00. The Labute approximate surface area is 129 Å². The van der Waals surface area contributed by atoms with E-state index in [1.54, 1.807) is 6.20 Å². The van der Waals surface area contributed by atoms with E-state index in [1.807, 2.05) is 31.2 Å². The molecule has 0 aliphatic carbocycles. The van der Waals surface area contributed by atoms with Gasteiger partial charge in [0.15, 0.2) is 5.82 Å². The number of pyridine rings is 1. The zero-order valence-electron chi connectivity index (χ0n) is 10.6. The summed E-state index contributed by atoms with van der Waals surface area (Å²) < 4.78 is 0.715. The Balaban J connectivity index is 2.33. The molecule has 6 heteroatoms. The third-order valence-corrected chi connectivity index (χ3v) is 4.31. The fourth-order valence-electron chi connectivity index (χ4n) is 2.02. The molecular weight excluding hydrogens is 340 g/mol. The van der Waals surface area contributed by atoms with Crippen LogP contribution in [0.15, 0.2) is 34.9 Å². The lowest BCUT2D eigenvalue weighted by Crippen LogP contribution is -2.00. The van der Waals surface area contributed by atoms with Gasteiger partial charge < -0.3 is 5.73 Å². The van der Waals surface area contributed by atoms with Gasteiger partial charge in [-0.15, -0.1) is 0 Å². The number of hydrogen-bond acceptors (Lipinski definition) is 4. The van der Waals surface area contributed by atoms with Crippen molar-refractivity contribution in [3.63, 3.8) is 0 Å². The standard InChI is InChI=1S/C14H10BrClN4/c1-7-11(15)13(17)20-14(19-7)9-4-5-10(16)8-3-2-6-18-12(8)9/h2-6H,1H3,(H2,17,19,20). The van der Waals surface area contributed by atoms with Crippen LogP contribution in [-0.2, 0) is 0 Å². The lowest BCUT2D eigenvalue weighted by Gasteiger charge is -2.09. The third kappa shape index (κ3) is 2.13. The van der Waals surface area contributed by atoms with Gasteiger partial charge in [0, 0.05) is 17.1 Å². The van der Waals surface area contributed by atoms with Crippen molar-refractivity contribution in [3.8, 4) is 11.4 Å². The highest BCUT2D eigenvalue weighted by molar-refractivity contribution is 9.10. The van der Waals surface area contributed by atoms with E-state index in [9.17, 15) is 0 Å². The van der Waals surface area contributed by atoms with Crippen LogP contribution in [0.4, 0.5) is 5.82 Å². The molecule has 0 radical (unpaired) electrons. The predicted molar refractivity (Wildman–Crippen MR) is 84.6 cm³/mol. The Morgan fingerprint density at radius 2 is 2.00 bits per heavy atom. The third-order valence-electron chi connectivity index (χ3n) is 3.00. The normalized spacial score (nSPS) is 10.9. The number of nitrogens with zero attached hydrogens (tertiary/aromatic N) is 3. The van der Waals surface area contributed by atoms with Gasteiger partial charge in [0.05, 0.1) is 20.7 Å². The average Bonchev–Trinajstić information content (AvgIpc) is 2.45. The van der Waals surface area contributed by atoms with Gasteiger partial charge in [-0.05, 0) is 47.1 Å². The summed E-state index contributed by atoms with van der Waals surface area (Å²) in [6.45, 7) is 1.87. The van der Waals surface area contributed by atoms with E-state index in [0.717, 1.165) is 22.2 Å². The van der Waals surface area contributed by atoms with Gasteiger partial charge in [0.25, 0.3) is 0 Å². The summed E-state index contributed by atoms with van der Waals surface area (Å²) in [6, 6.07) is 7.45. The monoisotopic (exact) mass is 348 g/mol. The Morgan fingerprint density at radius 3 is 2.75 bits per heavy atom. The van der Waals surface area contributed by atoms with Crippen molar-refractivity contribution in [2.45, 2.75) is 6.92 Å². The molecule has 0 saturated carbocycles. The number of anilines is 1. The van der Waals surface area contributed by atoms with Crippen molar-refractivity contribution in [2.24, 2.45) is 0 Å². The Hall–Kier alpha value is -1.72. The van der Waals surface area contributed by atoms with Gasteiger partial charge in [-0.25, -0.2) is 9.97 Å². The molecule has 0 saturated heterocycles. The molecule has 0 aliphatic rings. The van der Waals surface area contributed by atoms with Crippen LogP contribution in [0.3, 0.4) is 0 Å². The molecule has 2 N–H and O–H groups in total. The van der Waals surface area contributed by atoms with Crippen LogP contribution < -0.4 is 5.73 Å². The highest BCUT2D eigenvalue weighted by Gasteiger charge is 2.13. The van der Waals surface area contributed by atoms with E-state index < -0.39 is 0 Å². The van der Waals surface area contributed by atoms with Crippen LogP contribution in [-0.4, -0.2) is 15.0 Å². The number of nitrogens with two attached hydrogens (primary N) is 1. The molecule has 100 valence electrons. The summed E-state index contributed by atoms with van der Waals surface area (Å²) in [5.74, 6) is 0.954. The largest absolute Gasteiger partial charge is 0.383 e. The number of halogens is 2. The molecule has 4 nitrogen and oxygen atoms in total. The number of rotatable bonds is 1. The molecule has 3 aromatic rings. The topological polar surface area (TPSA) is 64.7 Å². The van der Waals surface area contributed by atoms with Crippen LogP contribution in [0.5, 0.6) is 0 Å². The van der Waals surface area contributed by atoms with E-state index in [1.165, 1.54) is 0 Å². The van der Waals surface area contributed by atoms with Crippen LogP contribution in [0.2, 0.25) is 5.02 Å². The van der Waals surface area contributed by atoms with E-state index in [4.69, 9.17) is 17.3 Å². The minimum Gasteiger partial charge on any atom is -0.383 e. The Morgan fingerprint density at radius 1 is 1.20 bits per heavy atom. The Kier molecular flexibility index (Phi) is 3.31. The number of fused-ring (bicyclic) bond motifs is 1. The zero-order chi connectivity index (χ0) is 14.3. The summed E-state index contributed by atoms with van der Waals surface area (Å²) in [6.07, 6.45) is 1.72. The summed E-state index contributed by atoms with van der Waals surface area (Å²) in [5.41, 5.74) is 8.25. The first kappa shape index (κ1) is 13.3. The maximum absolute atomic E-state index is 6.19. The number of nitrogen functional groups attached to an aromatic ring is 1. The number of benzene rings is 1. The van der Waals surface area contributed by atoms with E-state index in [-0.39, 0.29) is 0 Å². The van der Waals surface area contributed by atoms with Crippen LogP contribution in [0.1, 0.15) is 5.69 Å². The summed E-state index contributed by atoms with van der Waals surface area (Å²) in [7, 11) is 0. The highest BCUT2D eigenvalue weighted by atomic mass is 79.9. The number of aryl methyl sites for hydroxylation is 1. The molecule has 2 heterocycles. The maximum atomic E-state index is 6.19.